The summed E-state index contributed by atoms with van der Waals surface area (Å²) >= 11 is 0. The van der Waals surface area contributed by atoms with Crippen LogP contribution in [0.15, 0.2) is 36.7 Å². The summed E-state index contributed by atoms with van der Waals surface area (Å²) < 4.78 is 18.8. The minimum absolute atomic E-state index is 0.190. The number of amides is 1. The Balaban J connectivity index is 1.73. The summed E-state index contributed by atoms with van der Waals surface area (Å²) in [6, 6.07) is 5.83. The van der Waals surface area contributed by atoms with Crippen LogP contribution in [-0.4, -0.2) is 33.9 Å². The van der Waals surface area contributed by atoms with Crippen LogP contribution in [0.3, 0.4) is 0 Å². The lowest BCUT2D eigenvalue weighted by atomic mass is 9.93. The second-order valence-electron chi connectivity index (χ2n) is 5.81. The van der Waals surface area contributed by atoms with Crippen LogP contribution in [0.4, 0.5) is 4.39 Å². The average Bonchev–Trinajstić information content (AvgIpc) is 2.63. The molecule has 0 bridgehead atoms. The molecule has 0 saturated carbocycles. The van der Waals surface area contributed by atoms with E-state index in [-0.39, 0.29) is 17.6 Å². The minimum atomic E-state index is -0.310. The van der Waals surface area contributed by atoms with E-state index in [0.29, 0.717) is 18.1 Å². The summed E-state index contributed by atoms with van der Waals surface area (Å²) in [4.78, 5) is 22.4. The van der Waals surface area contributed by atoms with Crippen molar-refractivity contribution < 1.29 is 13.9 Å². The van der Waals surface area contributed by atoms with E-state index in [0.717, 1.165) is 31.6 Å². The Kier molecular flexibility index (Phi) is 5.03. The molecule has 0 N–H and O–H groups in total. The van der Waals surface area contributed by atoms with Crippen LogP contribution in [0.2, 0.25) is 0 Å². The summed E-state index contributed by atoms with van der Waals surface area (Å²) in [5, 5.41) is 0. The lowest BCUT2D eigenvalue weighted by Gasteiger charge is -2.31. The molecule has 0 spiro atoms. The standard InChI is InChI=1S/C18H20FN3O2/c1-2-16(23)22-11-7-13(8-12-22)17-18(21-10-9-20-17)24-15-5-3-14(19)4-6-15/h3-6,9-10,13H,2,7-8,11-12H2,1H3. The minimum Gasteiger partial charge on any atom is -0.437 e. The van der Waals surface area contributed by atoms with E-state index in [1.54, 1.807) is 24.5 Å². The molecular weight excluding hydrogens is 309 g/mol. The van der Waals surface area contributed by atoms with Gasteiger partial charge in [-0.25, -0.2) is 9.37 Å². The van der Waals surface area contributed by atoms with Crippen molar-refractivity contribution in [2.75, 3.05) is 13.1 Å². The Hall–Kier alpha value is -2.50. The third-order valence-corrected chi connectivity index (χ3v) is 4.26. The highest BCUT2D eigenvalue weighted by atomic mass is 19.1. The van der Waals surface area contributed by atoms with Gasteiger partial charge in [-0.2, -0.15) is 0 Å². The fraction of sp³-hybridized carbons (Fsp3) is 0.389. The van der Waals surface area contributed by atoms with Gasteiger partial charge < -0.3 is 9.64 Å². The molecule has 126 valence electrons. The van der Waals surface area contributed by atoms with Crippen molar-refractivity contribution in [2.45, 2.75) is 32.1 Å². The molecule has 3 rings (SSSR count). The Morgan fingerprint density at radius 3 is 2.54 bits per heavy atom. The van der Waals surface area contributed by atoms with E-state index in [2.05, 4.69) is 9.97 Å². The predicted molar refractivity (Wildman–Crippen MR) is 87.4 cm³/mol. The zero-order valence-corrected chi connectivity index (χ0v) is 13.6. The first-order valence-corrected chi connectivity index (χ1v) is 8.19. The molecule has 0 atom stereocenters. The first-order chi connectivity index (χ1) is 11.7. The number of halogens is 1. The number of aromatic nitrogens is 2. The molecule has 6 heteroatoms. The van der Waals surface area contributed by atoms with E-state index in [1.807, 2.05) is 11.8 Å². The van der Waals surface area contributed by atoms with Gasteiger partial charge in [-0.1, -0.05) is 6.92 Å². The molecule has 1 amide bonds. The third kappa shape index (κ3) is 3.69. The number of piperidine rings is 1. The number of ether oxygens (including phenoxy) is 1. The molecule has 1 saturated heterocycles. The van der Waals surface area contributed by atoms with Crippen LogP contribution in [-0.2, 0) is 4.79 Å². The highest BCUT2D eigenvalue weighted by Gasteiger charge is 2.26. The molecule has 1 aromatic carbocycles. The zero-order chi connectivity index (χ0) is 16.9. The summed E-state index contributed by atoms with van der Waals surface area (Å²) in [5.74, 6) is 1.06. The SMILES string of the molecule is CCC(=O)N1CCC(c2nccnc2Oc2ccc(F)cc2)CC1. The highest BCUT2D eigenvalue weighted by Crippen LogP contribution is 2.33. The Labute approximate surface area is 140 Å². The fourth-order valence-corrected chi connectivity index (χ4v) is 2.93. The van der Waals surface area contributed by atoms with Gasteiger partial charge in [-0.15, -0.1) is 0 Å². The third-order valence-electron chi connectivity index (χ3n) is 4.26. The van der Waals surface area contributed by atoms with Crippen molar-refractivity contribution in [2.24, 2.45) is 0 Å². The van der Waals surface area contributed by atoms with Gasteiger partial charge in [0, 0.05) is 37.8 Å². The Morgan fingerprint density at radius 2 is 1.88 bits per heavy atom. The first-order valence-electron chi connectivity index (χ1n) is 8.19. The van der Waals surface area contributed by atoms with Crippen molar-refractivity contribution >= 4 is 5.91 Å². The van der Waals surface area contributed by atoms with E-state index >= 15 is 0 Å². The molecule has 5 nitrogen and oxygen atoms in total. The maximum atomic E-state index is 13.0. The molecule has 2 heterocycles. The molecule has 1 aromatic heterocycles. The van der Waals surface area contributed by atoms with Gasteiger partial charge in [-0.3, -0.25) is 9.78 Å². The summed E-state index contributed by atoms with van der Waals surface area (Å²) in [6.45, 7) is 3.33. The van der Waals surface area contributed by atoms with Crippen molar-refractivity contribution in [1.29, 1.82) is 0 Å². The molecule has 1 aliphatic rings. The van der Waals surface area contributed by atoms with Gasteiger partial charge in [0.15, 0.2) is 0 Å². The van der Waals surface area contributed by atoms with E-state index < -0.39 is 0 Å². The Bertz CT molecular complexity index is 698. The molecule has 2 aromatic rings. The lowest BCUT2D eigenvalue weighted by Crippen LogP contribution is -2.37. The normalized spacial score (nSPS) is 15.3. The summed E-state index contributed by atoms with van der Waals surface area (Å²) in [5.41, 5.74) is 0.797. The Morgan fingerprint density at radius 1 is 1.21 bits per heavy atom. The maximum Gasteiger partial charge on any atom is 0.241 e. The number of nitrogens with zero attached hydrogens (tertiary/aromatic N) is 3. The van der Waals surface area contributed by atoms with Gasteiger partial charge in [0.1, 0.15) is 17.3 Å². The number of carbonyl (C=O) groups is 1. The zero-order valence-electron chi connectivity index (χ0n) is 13.6. The smallest absolute Gasteiger partial charge is 0.241 e. The van der Waals surface area contributed by atoms with Crippen molar-refractivity contribution in [3.8, 4) is 11.6 Å². The topological polar surface area (TPSA) is 55.3 Å². The second-order valence-corrected chi connectivity index (χ2v) is 5.81. The number of benzene rings is 1. The molecule has 24 heavy (non-hydrogen) atoms. The van der Waals surface area contributed by atoms with Crippen LogP contribution >= 0.6 is 0 Å². The lowest BCUT2D eigenvalue weighted by molar-refractivity contribution is -0.131. The second kappa shape index (κ2) is 7.38. The van der Waals surface area contributed by atoms with Crippen LogP contribution in [0, 0.1) is 5.82 Å². The largest absolute Gasteiger partial charge is 0.437 e. The van der Waals surface area contributed by atoms with Gasteiger partial charge in [-0.05, 0) is 37.1 Å². The van der Waals surface area contributed by atoms with Crippen LogP contribution < -0.4 is 4.74 Å². The molecule has 1 fully saturated rings. The first kappa shape index (κ1) is 16.4. The van der Waals surface area contributed by atoms with E-state index in [1.165, 1.54) is 12.1 Å². The van der Waals surface area contributed by atoms with Crippen molar-refractivity contribution in [1.82, 2.24) is 14.9 Å². The quantitative estimate of drug-likeness (QED) is 0.861. The predicted octanol–water partition coefficient (Wildman–Crippen LogP) is 3.52. The molecular formula is C18H20FN3O2. The van der Waals surface area contributed by atoms with Gasteiger partial charge in [0.2, 0.25) is 11.8 Å². The average molecular weight is 329 g/mol. The molecule has 0 unspecified atom stereocenters. The van der Waals surface area contributed by atoms with Crippen LogP contribution in [0.25, 0.3) is 0 Å². The molecule has 0 radical (unpaired) electrons. The van der Waals surface area contributed by atoms with Crippen LogP contribution in [0.5, 0.6) is 11.6 Å². The van der Waals surface area contributed by atoms with Crippen molar-refractivity contribution in [3.05, 3.63) is 48.2 Å². The molecule has 1 aliphatic heterocycles. The number of carbonyl (C=O) groups excluding carboxylic acids is 1. The summed E-state index contributed by atoms with van der Waals surface area (Å²) in [6.07, 6.45) is 5.44. The van der Waals surface area contributed by atoms with Crippen LogP contribution in [0.1, 0.15) is 37.8 Å². The number of likely N-dealkylation sites (tertiary alicyclic amines) is 1. The monoisotopic (exact) mass is 329 g/mol. The van der Waals surface area contributed by atoms with Gasteiger partial charge >= 0.3 is 0 Å². The number of hydrogen-bond donors (Lipinski definition) is 0. The maximum absolute atomic E-state index is 13.0. The van der Waals surface area contributed by atoms with Gasteiger partial charge in [0.05, 0.1) is 0 Å². The van der Waals surface area contributed by atoms with Gasteiger partial charge in [0.25, 0.3) is 0 Å². The van der Waals surface area contributed by atoms with E-state index in [4.69, 9.17) is 4.74 Å². The number of hydrogen-bond acceptors (Lipinski definition) is 4. The highest BCUT2D eigenvalue weighted by molar-refractivity contribution is 5.75. The summed E-state index contributed by atoms with van der Waals surface area (Å²) in [7, 11) is 0. The number of rotatable bonds is 4. The van der Waals surface area contributed by atoms with E-state index in [9.17, 15) is 9.18 Å². The fourth-order valence-electron chi connectivity index (χ4n) is 2.93. The van der Waals surface area contributed by atoms with Crippen molar-refractivity contribution in [3.63, 3.8) is 0 Å². The molecule has 0 aliphatic carbocycles.